The molecule has 0 fully saturated rings. The van der Waals surface area contributed by atoms with Gasteiger partial charge in [-0.05, 0) is 31.4 Å². The van der Waals surface area contributed by atoms with Crippen molar-refractivity contribution in [2.45, 2.75) is 19.4 Å². The molecule has 0 aromatic heterocycles. The Morgan fingerprint density at radius 2 is 2.25 bits per heavy atom. The molecule has 0 radical (unpaired) electrons. The molecular formula is C12H18N4O3S. The monoisotopic (exact) mass is 298 g/mol. The third-order valence-electron chi connectivity index (χ3n) is 2.76. The Bertz CT molecular complexity index is 496. The number of nitro benzene ring substituents is 1. The number of para-hydroxylation sites is 1. The number of hydrogen-bond donors (Lipinski definition) is 3. The van der Waals surface area contributed by atoms with Crippen molar-refractivity contribution in [1.29, 1.82) is 0 Å². The zero-order valence-electron chi connectivity index (χ0n) is 11.4. The molecule has 8 heteroatoms. The first kappa shape index (κ1) is 16.3. The first-order chi connectivity index (χ1) is 9.51. The summed E-state index contributed by atoms with van der Waals surface area (Å²) in [7, 11) is 0. The normalized spacial score (nSPS) is 11.8. The second-order valence-electron chi connectivity index (χ2n) is 4.26. The second-order valence-corrected chi connectivity index (χ2v) is 5.24. The minimum absolute atomic E-state index is 0.0140. The van der Waals surface area contributed by atoms with E-state index >= 15 is 0 Å². The molecule has 1 unspecified atom stereocenters. The molecule has 20 heavy (non-hydrogen) atoms. The van der Waals surface area contributed by atoms with E-state index in [9.17, 15) is 14.9 Å². The van der Waals surface area contributed by atoms with Crippen molar-refractivity contribution in [3.63, 3.8) is 0 Å². The first-order valence-electron chi connectivity index (χ1n) is 6.05. The van der Waals surface area contributed by atoms with E-state index in [0.717, 1.165) is 12.2 Å². The zero-order valence-corrected chi connectivity index (χ0v) is 12.2. The number of nitrogens with two attached hydrogens (primary N) is 1. The van der Waals surface area contributed by atoms with Gasteiger partial charge >= 0.3 is 0 Å². The molecule has 4 N–H and O–H groups in total. The lowest BCUT2D eigenvalue weighted by Crippen LogP contribution is -2.33. The van der Waals surface area contributed by atoms with Crippen LogP contribution in [0.1, 0.15) is 23.7 Å². The predicted molar refractivity (Wildman–Crippen MR) is 80.8 cm³/mol. The van der Waals surface area contributed by atoms with Crippen LogP contribution in [-0.4, -0.2) is 28.9 Å². The predicted octanol–water partition coefficient (Wildman–Crippen LogP) is 1.75. The minimum Gasteiger partial charge on any atom is -0.349 e. The molecule has 0 aliphatic carbocycles. The van der Waals surface area contributed by atoms with E-state index in [1.165, 1.54) is 18.2 Å². The Morgan fingerprint density at radius 1 is 1.55 bits per heavy atom. The summed E-state index contributed by atoms with van der Waals surface area (Å²) >= 11 is 1.69. The number of carbonyl (C=O) groups excluding carboxylic acids is 1. The average molecular weight is 298 g/mol. The van der Waals surface area contributed by atoms with Gasteiger partial charge in [-0.1, -0.05) is 6.07 Å². The number of nitro groups is 1. The Kier molecular flexibility index (Phi) is 6.26. The molecule has 1 aromatic rings. The first-order valence-corrected chi connectivity index (χ1v) is 7.44. The highest BCUT2D eigenvalue weighted by molar-refractivity contribution is 7.98. The van der Waals surface area contributed by atoms with Crippen molar-refractivity contribution < 1.29 is 9.72 Å². The van der Waals surface area contributed by atoms with Crippen molar-refractivity contribution >= 4 is 29.0 Å². The molecule has 0 spiro atoms. The Morgan fingerprint density at radius 3 is 2.80 bits per heavy atom. The summed E-state index contributed by atoms with van der Waals surface area (Å²) in [4.78, 5) is 22.5. The van der Waals surface area contributed by atoms with Gasteiger partial charge in [-0.2, -0.15) is 11.8 Å². The summed E-state index contributed by atoms with van der Waals surface area (Å²) in [5, 5.41) is 13.7. The number of rotatable bonds is 7. The van der Waals surface area contributed by atoms with Crippen LogP contribution in [0.3, 0.4) is 0 Å². The number of benzene rings is 1. The zero-order chi connectivity index (χ0) is 15.1. The average Bonchev–Trinajstić information content (AvgIpc) is 2.43. The summed E-state index contributed by atoms with van der Waals surface area (Å²) in [5.74, 6) is 5.85. The van der Waals surface area contributed by atoms with Crippen molar-refractivity contribution in [2.24, 2.45) is 5.84 Å². The van der Waals surface area contributed by atoms with Crippen LogP contribution in [0.2, 0.25) is 0 Å². The summed E-state index contributed by atoms with van der Waals surface area (Å²) in [5.41, 5.74) is 2.20. The van der Waals surface area contributed by atoms with E-state index in [1.54, 1.807) is 11.8 Å². The highest BCUT2D eigenvalue weighted by Crippen LogP contribution is 2.27. The fourth-order valence-electron chi connectivity index (χ4n) is 1.70. The maximum atomic E-state index is 12.1. The van der Waals surface area contributed by atoms with Crippen molar-refractivity contribution in [3.8, 4) is 0 Å². The lowest BCUT2D eigenvalue weighted by Gasteiger charge is -2.15. The molecule has 0 aliphatic heterocycles. The van der Waals surface area contributed by atoms with E-state index < -0.39 is 4.92 Å². The number of thioether (sulfide) groups is 1. The minimum atomic E-state index is -0.580. The Labute approximate surface area is 121 Å². The van der Waals surface area contributed by atoms with Gasteiger partial charge in [0, 0.05) is 12.1 Å². The number of carbonyl (C=O) groups is 1. The van der Waals surface area contributed by atoms with Crippen molar-refractivity contribution in [2.75, 3.05) is 17.4 Å². The van der Waals surface area contributed by atoms with E-state index in [1.807, 2.05) is 13.2 Å². The standard InChI is InChI=1S/C12H18N4O3S/c1-8(6-7-20-2)14-12(17)9-4-3-5-10(16(18)19)11(9)15-13/h3-5,8,15H,6-7,13H2,1-2H3,(H,14,17). The van der Waals surface area contributed by atoms with Crippen LogP contribution in [0.15, 0.2) is 18.2 Å². The molecular weight excluding hydrogens is 280 g/mol. The van der Waals surface area contributed by atoms with Gasteiger partial charge in [0.15, 0.2) is 0 Å². The number of amides is 1. The third-order valence-corrected chi connectivity index (χ3v) is 3.40. The number of anilines is 1. The fourth-order valence-corrected chi connectivity index (χ4v) is 2.29. The van der Waals surface area contributed by atoms with E-state index in [-0.39, 0.29) is 28.9 Å². The molecule has 1 amide bonds. The topological polar surface area (TPSA) is 110 Å². The molecule has 1 rings (SSSR count). The van der Waals surface area contributed by atoms with Gasteiger partial charge in [-0.3, -0.25) is 20.8 Å². The lowest BCUT2D eigenvalue weighted by atomic mass is 10.1. The Balaban J connectivity index is 2.93. The molecule has 7 nitrogen and oxygen atoms in total. The van der Waals surface area contributed by atoms with E-state index in [2.05, 4.69) is 10.7 Å². The van der Waals surface area contributed by atoms with Crippen LogP contribution in [0.4, 0.5) is 11.4 Å². The molecule has 1 aromatic carbocycles. The second kappa shape index (κ2) is 7.71. The van der Waals surface area contributed by atoms with Gasteiger partial charge in [-0.15, -0.1) is 0 Å². The summed E-state index contributed by atoms with van der Waals surface area (Å²) < 4.78 is 0. The molecule has 110 valence electrons. The maximum Gasteiger partial charge on any atom is 0.294 e. The molecule has 0 saturated heterocycles. The molecule has 0 aliphatic rings. The molecule has 0 heterocycles. The number of nitrogens with zero attached hydrogens (tertiary/aromatic N) is 1. The van der Waals surface area contributed by atoms with Gasteiger partial charge in [0.25, 0.3) is 11.6 Å². The third kappa shape index (κ3) is 4.10. The lowest BCUT2D eigenvalue weighted by molar-refractivity contribution is -0.384. The van der Waals surface area contributed by atoms with Crippen LogP contribution in [-0.2, 0) is 0 Å². The van der Waals surface area contributed by atoms with Gasteiger partial charge in [0.1, 0.15) is 5.69 Å². The number of nitrogens with one attached hydrogen (secondary N) is 2. The SMILES string of the molecule is CSCCC(C)NC(=O)c1cccc([N+](=O)[O-])c1NN. The van der Waals surface area contributed by atoms with Crippen molar-refractivity contribution in [1.82, 2.24) is 5.32 Å². The number of nitrogen functional groups attached to an aromatic ring is 1. The van der Waals surface area contributed by atoms with Gasteiger partial charge in [-0.25, -0.2) is 0 Å². The van der Waals surface area contributed by atoms with Gasteiger partial charge < -0.3 is 10.7 Å². The summed E-state index contributed by atoms with van der Waals surface area (Å²) in [6.07, 6.45) is 2.82. The molecule has 1 atom stereocenters. The van der Waals surface area contributed by atoms with E-state index in [0.29, 0.717) is 0 Å². The largest absolute Gasteiger partial charge is 0.349 e. The van der Waals surface area contributed by atoms with Crippen LogP contribution in [0, 0.1) is 10.1 Å². The van der Waals surface area contributed by atoms with E-state index in [4.69, 9.17) is 5.84 Å². The highest BCUT2D eigenvalue weighted by Gasteiger charge is 2.21. The quantitative estimate of drug-likeness (QED) is 0.402. The Hall–Kier alpha value is -1.80. The highest BCUT2D eigenvalue weighted by atomic mass is 32.2. The summed E-state index contributed by atoms with van der Waals surface area (Å²) in [6.45, 7) is 1.89. The summed E-state index contributed by atoms with van der Waals surface area (Å²) in [6, 6.07) is 4.24. The van der Waals surface area contributed by atoms with Crippen LogP contribution >= 0.6 is 11.8 Å². The number of hydrogen-bond acceptors (Lipinski definition) is 6. The van der Waals surface area contributed by atoms with Crippen LogP contribution < -0.4 is 16.6 Å². The van der Waals surface area contributed by atoms with Crippen LogP contribution in [0.5, 0.6) is 0 Å². The molecule has 0 bridgehead atoms. The molecule has 0 saturated carbocycles. The van der Waals surface area contributed by atoms with Gasteiger partial charge in [0.2, 0.25) is 0 Å². The smallest absolute Gasteiger partial charge is 0.294 e. The number of hydrazine groups is 1. The van der Waals surface area contributed by atoms with Crippen molar-refractivity contribution in [3.05, 3.63) is 33.9 Å². The van der Waals surface area contributed by atoms with Crippen LogP contribution in [0.25, 0.3) is 0 Å². The van der Waals surface area contributed by atoms with Gasteiger partial charge in [0.05, 0.1) is 10.5 Å². The maximum absolute atomic E-state index is 12.1. The fraction of sp³-hybridized carbons (Fsp3) is 0.417.